The number of alkyl halides is 5. The molecule has 0 aliphatic heterocycles. The molecular weight excluding hydrogens is 598 g/mol. The molecule has 0 aromatic heterocycles. The van der Waals surface area contributed by atoms with Crippen LogP contribution in [0.5, 0.6) is 0 Å². The molecule has 1 N–H and O–H groups in total. The fraction of sp³-hybridized carbons (Fsp3) is 0.533. The molecule has 1 aromatic rings. The van der Waals surface area contributed by atoms with Gasteiger partial charge in [0.05, 0.1) is 32.3 Å². The van der Waals surface area contributed by atoms with Gasteiger partial charge in [0, 0.05) is 5.88 Å². The van der Waals surface area contributed by atoms with Crippen molar-refractivity contribution < 1.29 is 18.3 Å². The highest BCUT2D eigenvalue weighted by Crippen LogP contribution is 2.51. The van der Waals surface area contributed by atoms with Crippen LogP contribution >= 0.6 is 90.0 Å². The number of hydrogen-bond donors (Lipinski definition) is 1. The Hall–Kier alpha value is 0.820. The van der Waals surface area contributed by atoms with E-state index in [2.05, 4.69) is 37.2 Å². The Morgan fingerprint density at radius 1 is 1.19 bits per heavy atom. The number of anilines is 1. The third kappa shape index (κ3) is 8.60. The van der Waals surface area contributed by atoms with Crippen LogP contribution in [0.1, 0.15) is 25.7 Å². The summed E-state index contributed by atoms with van der Waals surface area (Å²) in [7, 11) is 0. The molecule has 27 heavy (non-hydrogen) atoms. The molecule has 1 amide bonds. The van der Waals surface area contributed by atoms with Crippen LogP contribution in [0.15, 0.2) is 11.0 Å². The second-order valence-electron chi connectivity index (χ2n) is 5.19. The first-order chi connectivity index (χ1) is 12.6. The van der Waals surface area contributed by atoms with Crippen molar-refractivity contribution in [3.63, 3.8) is 0 Å². The molecular formula is C15H15Br2Cl4F2NO2S. The van der Waals surface area contributed by atoms with Crippen molar-refractivity contribution in [2.75, 3.05) is 17.8 Å². The third-order valence-corrected chi connectivity index (χ3v) is 7.64. The molecule has 12 heteroatoms. The molecule has 0 atom stereocenters. The predicted molar refractivity (Wildman–Crippen MR) is 118 cm³/mol. The van der Waals surface area contributed by atoms with Gasteiger partial charge in [0.2, 0.25) is 0 Å². The molecule has 0 radical (unpaired) electrons. The van der Waals surface area contributed by atoms with Gasteiger partial charge in [-0.1, -0.05) is 79.5 Å². The lowest BCUT2D eigenvalue weighted by atomic mass is 10.2. The average molecular weight is 613 g/mol. The third-order valence-electron chi connectivity index (χ3n) is 3.11. The molecule has 1 rings (SSSR count). The molecule has 154 valence electrons. The van der Waals surface area contributed by atoms with E-state index in [-0.39, 0.29) is 44.0 Å². The van der Waals surface area contributed by atoms with E-state index in [0.717, 1.165) is 19.3 Å². The summed E-state index contributed by atoms with van der Waals surface area (Å²) in [6, 6.07) is 1.24. The largest absolute Gasteiger partial charge is 0.449 e. The van der Waals surface area contributed by atoms with Gasteiger partial charge >= 0.3 is 11.3 Å². The second kappa shape index (κ2) is 12.5. The standard InChI is InChI=1S/C15H15Br2Cl4F2NO2S/c16-13(17)15(22,23)27-12-9(7-8(19)10(20)11(12)21)24-14(25)26-6-4-2-1-3-5-18/h7,13H,1-6H2,(H,24,25). The minimum atomic E-state index is -3.29. The summed E-state index contributed by atoms with van der Waals surface area (Å²) < 4.78 is 31.9. The van der Waals surface area contributed by atoms with Crippen molar-refractivity contribution in [3.8, 4) is 0 Å². The Morgan fingerprint density at radius 2 is 1.81 bits per heavy atom. The van der Waals surface area contributed by atoms with Crippen molar-refractivity contribution in [1.29, 1.82) is 0 Å². The van der Waals surface area contributed by atoms with Gasteiger partial charge in [-0.25, -0.2) is 4.79 Å². The maximum Gasteiger partial charge on any atom is 0.411 e. The molecule has 3 nitrogen and oxygen atoms in total. The molecule has 0 saturated carbocycles. The van der Waals surface area contributed by atoms with E-state index in [1.807, 2.05) is 0 Å². The summed E-state index contributed by atoms with van der Waals surface area (Å²) in [5.41, 5.74) is -0.0214. The summed E-state index contributed by atoms with van der Waals surface area (Å²) in [5, 5.41) is -1.16. The Labute approximate surface area is 197 Å². The van der Waals surface area contributed by atoms with Gasteiger partial charge in [0.25, 0.3) is 0 Å². The van der Waals surface area contributed by atoms with E-state index < -0.39 is 15.1 Å². The van der Waals surface area contributed by atoms with Crippen molar-refractivity contribution >= 4 is 102 Å². The summed E-state index contributed by atoms with van der Waals surface area (Å²) in [6.45, 7) is 0.187. The van der Waals surface area contributed by atoms with Crippen LogP contribution in [0.25, 0.3) is 0 Å². The second-order valence-corrected chi connectivity index (χ2v) is 10.9. The fourth-order valence-corrected chi connectivity index (χ4v) is 4.11. The van der Waals surface area contributed by atoms with E-state index in [4.69, 9.17) is 51.1 Å². The lowest BCUT2D eigenvalue weighted by Crippen LogP contribution is -2.20. The minimum Gasteiger partial charge on any atom is -0.449 e. The highest BCUT2D eigenvalue weighted by atomic mass is 79.9. The Kier molecular flexibility index (Phi) is 12.0. The Balaban J connectivity index is 2.85. The lowest BCUT2D eigenvalue weighted by molar-refractivity contribution is 0.129. The van der Waals surface area contributed by atoms with Crippen LogP contribution in [0, 0.1) is 0 Å². The van der Waals surface area contributed by atoms with Gasteiger partial charge in [0.1, 0.15) is 3.74 Å². The Bertz CT molecular complexity index is 657. The molecule has 0 bridgehead atoms. The number of ether oxygens (including phenoxy) is 1. The van der Waals surface area contributed by atoms with Gasteiger partial charge in [-0.15, -0.1) is 11.6 Å². The maximum absolute atomic E-state index is 14.1. The molecule has 0 fully saturated rings. The smallest absolute Gasteiger partial charge is 0.411 e. The number of carbonyl (C=O) groups excluding carboxylic acids is 1. The van der Waals surface area contributed by atoms with E-state index in [0.29, 0.717) is 12.3 Å². The number of rotatable bonds is 10. The SMILES string of the molecule is O=C(Nc1cc(Cl)c(Cl)c(Cl)c1SC(F)(F)C(Br)Br)OCCCCCCCl. The van der Waals surface area contributed by atoms with Crippen LogP contribution < -0.4 is 5.32 Å². The number of hydrogen-bond acceptors (Lipinski definition) is 3. The molecule has 0 saturated heterocycles. The van der Waals surface area contributed by atoms with Gasteiger partial charge in [-0.2, -0.15) is 8.78 Å². The highest BCUT2D eigenvalue weighted by molar-refractivity contribution is 9.24. The predicted octanol–water partition coefficient (Wildman–Crippen LogP) is 8.80. The zero-order valence-electron chi connectivity index (χ0n) is 13.6. The Morgan fingerprint density at radius 3 is 2.41 bits per heavy atom. The highest BCUT2D eigenvalue weighted by Gasteiger charge is 2.39. The molecule has 0 unspecified atom stereocenters. The van der Waals surface area contributed by atoms with E-state index in [1.54, 1.807) is 0 Å². The van der Waals surface area contributed by atoms with Crippen molar-refractivity contribution in [2.45, 2.75) is 39.6 Å². The van der Waals surface area contributed by atoms with Crippen LogP contribution in [0.4, 0.5) is 19.3 Å². The number of thioether (sulfide) groups is 1. The number of halogens is 8. The van der Waals surface area contributed by atoms with Crippen molar-refractivity contribution in [2.24, 2.45) is 0 Å². The first kappa shape index (κ1) is 25.9. The number of carbonyl (C=O) groups is 1. The molecule has 0 aliphatic rings. The van der Waals surface area contributed by atoms with Gasteiger partial charge in [-0.3, -0.25) is 5.32 Å². The first-order valence-corrected chi connectivity index (χ1v) is 11.9. The summed E-state index contributed by atoms with van der Waals surface area (Å²) in [5.74, 6) is 0.591. The van der Waals surface area contributed by atoms with E-state index in [1.165, 1.54) is 6.07 Å². The number of nitrogens with one attached hydrogen (secondary N) is 1. The number of unbranched alkanes of at least 4 members (excludes halogenated alkanes) is 3. The molecule has 0 aliphatic carbocycles. The molecule has 0 spiro atoms. The summed E-state index contributed by atoms with van der Waals surface area (Å²) in [6.07, 6.45) is 2.56. The average Bonchev–Trinajstić information content (AvgIpc) is 2.59. The zero-order valence-corrected chi connectivity index (χ0v) is 20.7. The minimum absolute atomic E-state index is 0.0138. The zero-order chi connectivity index (χ0) is 20.6. The van der Waals surface area contributed by atoms with Crippen LogP contribution in [0.3, 0.4) is 0 Å². The fourth-order valence-electron chi connectivity index (χ4n) is 1.81. The lowest BCUT2D eigenvalue weighted by Gasteiger charge is -2.21. The van der Waals surface area contributed by atoms with Crippen molar-refractivity contribution in [3.05, 3.63) is 21.1 Å². The summed E-state index contributed by atoms with van der Waals surface area (Å²) >= 11 is 29.2. The normalized spacial score (nSPS) is 11.7. The maximum atomic E-state index is 14.1. The van der Waals surface area contributed by atoms with Gasteiger partial charge < -0.3 is 4.74 Å². The number of benzene rings is 1. The van der Waals surface area contributed by atoms with E-state index >= 15 is 0 Å². The molecule has 1 aromatic carbocycles. The van der Waals surface area contributed by atoms with Crippen LogP contribution in [-0.2, 0) is 4.74 Å². The van der Waals surface area contributed by atoms with Gasteiger partial charge in [0.15, 0.2) is 0 Å². The van der Waals surface area contributed by atoms with E-state index in [9.17, 15) is 13.6 Å². The van der Waals surface area contributed by atoms with Crippen molar-refractivity contribution in [1.82, 2.24) is 0 Å². The monoisotopic (exact) mass is 609 g/mol. The quantitative estimate of drug-likeness (QED) is 0.124. The number of amides is 1. The van der Waals surface area contributed by atoms with Crippen LogP contribution in [-0.4, -0.2) is 27.6 Å². The summed E-state index contributed by atoms with van der Waals surface area (Å²) in [4.78, 5) is 11.8. The van der Waals surface area contributed by atoms with Crippen LogP contribution in [0.2, 0.25) is 15.1 Å². The molecule has 0 heterocycles. The topological polar surface area (TPSA) is 38.3 Å². The first-order valence-electron chi connectivity index (χ1n) is 7.62. The van der Waals surface area contributed by atoms with Gasteiger partial charge in [-0.05, 0) is 30.7 Å².